The Labute approximate surface area is 98.5 Å². The number of amides is 2. The summed E-state index contributed by atoms with van der Waals surface area (Å²) >= 11 is 0. The zero-order chi connectivity index (χ0) is 12.2. The van der Waals surface area contributed by atoms with Gasteiger partial charge in [-0.2, -0.15) is 0 Å². The van der Waals surface area contributed by atoms with E-state index >= 15 is 0 Å². The van der Waals surface area contributed by atoms with Crippen LogP contribution in [-0.2, 0) is 9.59 Å². The maximum atomic E-state index is 11.5. The molecule has 3 nitrogen and oxygen atoms in total. The molecule has 2 amide bonds. The summed E-state index contributed by atoms with van der Waals surface area (Å²) in [6.07, 6.45) is 4.69. The molecule has 0 radical (unpaired) electrons. The summed E-state index contributed by atoms with van der Waals surface area (Å²) in [6, 6.07) is 0. The fourth-order valence-corrected chi connectivity index (χ4v) is 2.56. The molecule has 1 fully saturated rings. The van der Waals surface area contributed by atoms with Crippen LogP contribution >= 0.6 is 0 Å². The Balaban J connectivity index is 2.39. The van der Waals surface area contributed by atoms with Gasteiger partial charge in [-0.15, -0.1) is 0 Å². The summed E-state index contributed by atoms with van der Waals surface area (Å²) in [6.45, 7) is 7.35. The molecule has 0 saturated carbocycles. The Morgan fingerprint density at radius 2 is 1.75 bits per heavy atom. The van der Waals surface area contributed by atoms with Crippen molar-refractivity contribution in [2.75, 3.05) is 6.54 Å². The van der Waals surface area contributed by atoms with Crippen molar-refractivity contribution in [3.8, 4) is 0 Å². The molecule has 0 spiro atoms. The highest BCUT2D eigenvalue weighted by Crippen LogP contribution is 2.12. The number of nitrogens with zero attached hydrogens (tertiary/aromatic N) is 1. The fourth-order valence-electron chi connectivity index (χ4n) is 1.69. The van der Waals surface area contributed by atoms with Crippen molar-refractivity contribution in [3.63, 3.8) is 0 Å². The van der Waals surface area contributed by atoms with Crippen LogP contribution in [0.2, 0.25) is 19.6 Å². The summed E-state index contributed by atoms with van der Waals surface area (Å²) in [7, 11) is -1.15. The first-order chi connectivity index (χ1) is 7.40. The Morgan fingerprint density at radius 1 is 1.19 bits per heavy atom. The minimum atomic E-state index is -1.15. The molecule has 0 aromatic carbocycles. The molecule has 0 unspecified atom stereocenters. The minimum Gasteiger partial charge on any atom is -0.282 e. The van der Waals surface area contributed by atoms with Crippen molar-refractivity contribution in [2.24, 2.45) is 0 Å². The third-order valence-corrected chi connectivity index (χ3v) is 3.76. The predicted octanol–water partition coefficient (Wildman–Crippen LogP) is 2.35. The summed E-state index contributed by atoms with van der Waals surface area (Å²) in [5.74, 6) is -0.00435. The summed E-state index contributed by atoms with van der Waals surface area (Å²) in [5, 5.41) is 0. The van der Waals surface area contributed by atoms with Gasteiger partial charge in [0.25, 0.3) is 0 Å². The van der Waals surface area contributed by atoms with E-state index in [1.807, 2.05) is 0 Å². The van der Waals surface area contributed by atoms with Crippen LogP contribution in [0.4, 0.5) is 0 Å². The monoisotopic (exact) mass is 239 g/mol. The number of carbonyl (C=O) groups excluding carboxylic acids is 2. The van der Waals surface area contributed by atoms with Crippen molar-refractivity contribution in [1.82, 2.24) is 4.90 Å². The SMILES string of the molecule is C[Si](C)(C)/C=C\CCN1C(=O)CCCC1=O. The lowest BCUT2D eigenvalue weighted by atomic mass is 10.1. The normalized spacial score (nSPS) is 18.6. The predicted molar refractivity (Wildman–Crippen MR) is 67.7 cm³/mol. The van der Waals surface area contributed by atoms with Crippen LogP contribution in [0.5, 0.6) is 0 Å². The zero-order valence-electron chi connectivity index (χ0n) is 10.5. The number of hydrogen-bond donors (Lipinski definition) is 0. The number of likely N-dealkylation sites (tertiary alicyclic amines) is 1. The van der Waals surface area contributed by atoms with Gasteiger partial charge < -0.3 is 0 Å². The van der Waals surface area contributed by atoms with Crippen molar-refractivity contribution in [3.05, 3.63) is 11.8 Å². The maximum absolute atomic E-state index is 11.5. The topological polar surface area (TPSA) is 37.4 Å². The van der Waals surface area contributed by atoms with Gasteiger partial charge in [0.2, 0.25) is 11.8 Å². The Morgan fingerprint density at radius 3 is 2.25 bits per heavy atom. The number of carbonyl (C=O) groups is 2. The van der Waals surface area contributed by atoms with E-state index in [2.05, 4.69) is 31.4 Å². The molecule has 90 valence electrons. The molecule has 0 aliphatic carbocycles. The van der Waals surface area contributed by atoms with Gasteiger partial charge in [-0.1, -0.05) is 31.4 Å². The molecule has 4 heteroatoms. The van der Waals surface area contributed by atoms with Crippen LogP contribution in [-0.4, -0.2) is 31.3 Å². The molecule has 16 heavy (non-hydrogen) atoms. The fraction of sp³-hybridized carbons (Fsp3) is 0.667. The van der Waals surface area contributed by atoms with Crippen molar-refractivity contribution < 1.29 is 9.59 Å². The van der Waals surface area contributed by atoms with E-state index in [9.17, 15) is 9.59 Å². The van der Waals surface area contributed by atoms with E-state index in [1.54, 1.807) is 0 Å². The third kappa shape index (κ3) is 4.31. The molecule has 0 aromatic rings. The molecule has 0 bridgehead atoms. The smallest absolute Gasteiger partial charge is 0.229 e. The van der Waals surface area contributed by atoms with Crippen molar-refractivity contribution in [1.29, 1.82) is 0 Å². The molecule has 1 rings (SSSR count). The van der Waals surface area contributed by atoms with Crippen LogP contribution < -0.4 is 0 Å². The highest BCUT2D eigenvalue weighted by molar-refractivity contribution is 6.80. The van der Waals surface area contributed by atoms with E-state index in [4.69, 9.17) is 0 Å². The summed E-state index contributed by atoms with van der Waals surface area (Å²) in [4.78, 5) is 24.4. The van der Waals surface area contributed by atoms with Crippen molar-refractivity contribution in [2.45, 2.75) is 45.3 Å². The number of rotatable bonds is 4. The molecule has 0 aromatic heterocycles. The van der Waals surface area contributed by atoms with E-state index in [-0.39, 0.29) is 11.8 Å². The number of piperidine rings is 1. The zero-order valence-corrected chi connectivity index (χ0v) is 11.5. The van der Waals surface area contributed by atoms with Crippen LogP contribution in [0.15, 0.2) is 11.8 Å². The lowest BCUT2D eigenvalue weighted by Crippen LogP contribution is -2.40. The van der Waals surface area contributed by atoms with Crippen LogP contribution in [0.1, 0.15) is 25.7 Å². The molecular weight excluding hydrogens is 218 g/mol. The summed E-state index contributed by atoms with van der Waals surface area (Å²) in [5.41, 5.74) is 2.26. The van der Waals surface area contributed by atoms with E-state index in [1.165, 1.54) is 4.90 Å². The van der Waals surface area contributed by atoms with Crippen LogP contribution in [0, 0.1) is 0 Å². The molecule has 1 aliphatic rings. The Bertz CT molecular complexity index is 289. The maximum Gasteiger partial charge on any atom is 0.229 e. The molecule has 1 heterocycles. The molecule has 1 saturated heterocycles. The minimum absolute atomic E-state index is 0.00217. The highest BCUT2D eigenvalue weighted by atomic mass is 28.3. The third-order valence-electron chi connectivity index (χ3n) is 2.52. The first kappa shape index (κ1) is 13.2. The second-order valence-electron chi connectivity index (χ2n) is 5.35. The van der Waals surface area contributed by atoms with Gasteiger partial charge in [-0.3, -0.25) is 14.5 Å². The Kier molecular flexibility index (Phi) is 4.47. The Hall–Kier alpha value is -0.903. The summed E-state index contributed by atoms with van der Waals surface area (Å²) < 4.78 is 0. The standard InChI is InChI=1S/C12H21NO2Si/c1-16(2,3)10-5-4-9-13-11(14)7-6-8-12(13)15/h5,10H,4,6-9H2,1-3H3/b10-5-. The molecule has 0 N–H and O–H groups in total. The van der Waals surface area contributed by atoms with Crippen LogP contribution in [0.25, 0.3) is 0 Å². The van der Waals surface area contributed by atoms with Gasteiger partial charge in [-0.05, 0) is 12.8 Å². The molecule has 0 atom stereocenters. The van der Waals surface area contributed by atoms with Gasteiger partial charge in [0.05, 0.1) is 8.07 Å². The number of hydrogen-bond acceptors (Lipinski definition) is 2. The largest absolute Gasteiger partial charge is 0.282 e. The lowest BCUT2D eigenvalue weighted by molar-refractivity contribution is -0.147. The average molecular weight is 239 g/mol. The molecule has 1 aliphatic heterocycles. The lowest BCUT2D eigenvalue weighted by Gasteiger charge is -2.24. The van der Waals surface area contributed by atoms with Crippen LogP contribution in [0.3, 0.4) is 0 Å². The second kappa shape index (κ2) is 5.43. The van der Waals surface area contributed by atoms with E-state index < -0.39 is 8.07 Å². The second-order valence-corrected chi connectivity index (χ2v) is 10.4. The van der Waals surface area contributed by atoms with Gasteiger partial charge in [0.1, 0.15) is 0 Å². The van der Waals surface area contributed by atoms with E-state index in [0.717, 1.165) is 12.8 Å². The average Bonchev–Trinajstić information content (AvgIpc) is 2.14. The first-order valence-electron chi connectivity index (χ1n) is 5.91. The van der Waals surface area contributed by atoms with Gasteiger partial charge in [-0.25, -0.2) is 0 Å². The van der Waals surface area contributed by atoms with Crippen molar-refractivity contribution >= 4 is 19.9 Å². The quantitative estimate of drug-likeness (QED) is 0.558. The first-order valence-corrected chi connectivity index (χ1v) is 9.49. The van der Waals surface area contributed by atoms with E-state index in [0.29, 0.717) is 19.4 Å². The van der Waals surface area contributed by atoms with Gasteiger partial charge in [0.15, 0.2) is 0 Å². The van der Waals surface area contributed by atoms with Gasteiger partial charge in [0, 0.05) is 19.4 Å². The number of imide groups is 1. The molecular formula is C12H21NO2Si. The van der Waals surface area contributed by atoms with Gasteiger partial charge >= 0.3 is 0 Å². The highest BCUT2D eigenvalue weighted by Gasteiger charge is 2.24.